The Kier molecular flexibility index (Phi) is 7.24. The Hall–Kier alpha value is -2.77. The second-order valence-corrected chi connectivity index (χ2v) is 9.95. The number of piperidine rings is 1. The van der Waals surface area contributed by atoms with E-state index in [0.717, 1.165) is 5.56 Å². The normalized spacial score (nSPS) is 20.9. The fourth-order valence-electron chi connectivity index (χ4n) is 4.26. The molecule has 1 heterocycles. The average Bonchev–Trinajstić information content (AvgIpc) is 2.75. The monoisotopic (exact) mass is 474 g/mol. The van der Waals surface area contributed by atoms with E-state index in [2.05, 4.69) is 5.32 Å². The first-order valence-electron chi connectivity index (χ1n) is 11.0. The molecule has 7 nitrogen and oxygen atoms in total. The topological polar surface area (TPSA) is 99.1 Å². The smallest absolute Gasteiger partial charge is 0.413 e. The molecule has 8 heteroatoms. The maximum absolute atomic E-state index is 13.4. The molecular weight excluding hydrogens is 444 g/mol. The van der Waals surface area contributed by atoms with Gasteiger partial charge in [-0.3, -0.25) is 4.79 Å². The number of amides is 2. The summed E-state index contributed by atoms with van der Waals surface area (Å²) >= 11 is 6.01. The van der Waals surface area contributed by atoms with Gasteiger partial charge in [-0.25, -0.2) is 4.79 Å². The summed E-state index contributed by atoms with van der Waals surface area (Å²) in [6.45, 7) is 8.23. The highest BCUT2D eigenvalue weighted by molar-refractivity contribution is 6.30. The molecule has 0 spiro atoms. The van der Waals surface area contributed by atoms with Gasteiger partial charge in [0, 0.05) is 23.5 Å². The van der Waals surface area contributed by atoms with E-state index in [-0.39, 0.29) is 23.3 Å². The molecule has 1 saturated heterocycles. The van der Waals surface area contributed by atoms with Crippen molar-refractivity contribution in [2.45, 2.75) is 45.8 Å². The zero-order valence-corrected chi connectivity index (χ0v) is 20.1. The van der Waals surface area contributed by atoms with Crippen LogP contribution in [-0.2, 0) is 10.4 Å². The van der Waals surface area contributed by atoms with Gasteiger partial charge in [0.05, 0.1) is 5.60 Å². The molecule has 1 aliphatic rings. The van der Waals surface area contributed by atoms with Gasteiger partial charge in [0.2, 0.25) is 5.91 Å². The number of likely N-dealkylation sites (tertiary alicyclic amines) is 1. The molecule has 2 amide bonds. The first-order valence-corrected chi connectivity index (χ1v) is 11.4. The molecule has 2 atom stereocenters. The predicted molar refractivity (Wildman–Crippen MR) is 126 cm³/mol. The average molecular weight is 475 g/mol. The third-order valence-electron chi connectivity index (χ3n) is 6.34. The van der Waals surface area contributed by atoms with Crippen molar-refractivity contribution in [3.05, 3.63) is 59.1 Å². The molecular formula is C25H31ClN2O5. The molecule has 0 radical (unpaired) electrons. The second kappa shape index (κ2) is 9.61. The van der Waals surface area contributed by atoms with Crippen molar-refractivity contribution >= 4 is 23.6 Å². The number of carbonyl (C=O) groups excluding carboxylic acids is 2. The molecule has 178 valence electrons. The molecule has 0 aliphatic carbocycles. The van der Waals surface area contributed by atoms with Gasteiger partial charge in [0.1, 0.15) is 17.5 Å². The molecule has 0 aromatic heterocycles. The van der Waals surface area contributed by atoms with Crippen LogP contribution in [0, 0.1) is 11.3 Å². The van der Waals surface area contributed by atoms with E-state index in [1.54, 1.807) is 17.0 Å². The molecule has 2 aromatic rings. The van der Waals surface area contributed by atoms with Crippen LogP contribution in [-0.4, -0.2) is 46.2 Å². The lowest BCUT2D eigenvalue weighted by Crippen LogP contribution is -2.60. The van der Waals surface area contributed by atoms with Crippen LogP contribution in [0.4, 0.5) is 4.79 Å². The molecule has 0 bridgehead atoms. The molecule has 1 fully saturated rings. The summed E-state index contributed by atoms with van der Waals surface area (Å²) in [5.74, 6) is -0.0828. The summed E-state index contributed by atoms with van der Waals surface area (Å²) in [6, 6.07) is 12.1. The number of aromatic hydroxyl groups is 1. The number of phenols is 1. The molecule has 0 saturated carbocycles. The minimum Gasteiger partial charge on any atom is -0.508 e. The Labute approximate surface area is 199 Å². The number of hydrogen-bond donors (Lipinski definition) is 3. The minimum absolute atomic E-state index is 0.0595. The molecule has 2 aromatic carbocycles. The summed E-state index contributed by atoms with van der Waals surface area (Å²) in [7, 11) is 0. The van der Waals surface area contributed by atoms with E-state index in [0.29, 0.717) is 24.5 Å². The third-order valence-corrected chi connectivity index (χ3v) is 6.59. The number of benzene rings is 2. The van der Waals surface area contributed by atoms with Crippen LogP contribution in [0.1, 0.15) is 39.7 Å². The standard InChI is InChI=1S/C25H31ClN2O5/c1-16(2)21(27-23(31)33-20-11-9-19(29)10-12-20)22(30)28-14-13-25(32,24(3,4)15-28)17-5-7-18(26)8-6-17/h5-12,16,21,29,32H,13-15H2,1-4H3,(H,27,31)/t21-,25+/m1/s1. The van der Waals surface area contributed by atoms with Crippen molar-refractivity contribution in [3.8, 4) is 11.5 Å². The van der Waals surface area contributed by atoms with Crippen molar-refractivity contribution in [1.29, 1.82) is 0 Å². The van der Waals surface area contributed by atoms with E-state index in [1.165, 1.54) is 24.3 Å². The summed E-state index contributed by atoms with van der Waals surface area (Å²) in [6.07, 6.45) is -0.391. The number of nitrogens with one attached hydrogen (secondary N) is 1. The zero-order chi connectivity index (χ0) is 24.4. The summed E-state index contributed by atoms with van der Waals surface area (Å²) < 4.78 is 5.25. The van der Waals surface area contributed by atoms with E-state index >= 15 is 0 Å². The van der Waals surface area contributed by atoms with Crippen LogP contribution >= 0.6 is 11.6 Å². The Morgan fingerprint density at radius 3 is 2.24 bits per heavy atom. The van der Waals surface area contributed by atoms with E-state index in [9.17, 15) is 19.8 Å². The maximum atomic E-state index is 13.4. The van der Waals surface area contributed by atoms with Gasteiger partial charge in [-0.15, -0.1) is 0 Å². The highest BCUT2D eigenvalue weighted by atomic mass is 35.5. The van der Waals surface area contributed by atoms with Gasteiger partial charge < -0.3 is 25.2 Å². The fraction of sp³-hybridized carbons (Fsp3) is 0.440. The number of carbonyl (C=O) groups is 2. The van der Waals surface area contributed by atoms with Gasteiger partial charge in [-0.1, -0.05) is 51.4 Å². The Balaban J connectivity index is 1.71. The molecule has 3 N–H and O–H groups in total. The van der Waals surface area contributed by atoms with Crippen molar-refractivity contribution in [3.63, 3.8) is 0 Å². The summed E-state index contributed by atoms with van der Waals surface area (Å²) in [5.41, 5.74) is -0.990. The Bertz CT molecular complexity index is 991. The first kappa shape index (κ1) is 24.9. The van der Waals surface area contributed by atoms with Gasteiger partial charge >= 0.3 is 6.09 Å². The lowest BCUT2D eigenvalue weighted by molar-refractivity contribution is -0.155. The number of hydrogen-bond acceptors (Lipinski definition) is 5. The third kappa shape index (κ3) is 5.42. The minimum atomic E-state index is -1.12. The van der Waals surface area contributed by atoms with Gasteiger partial charge in [0.15, 0.2) is 0 Å². The molecule has 1 aliphatic heterocycles. The Morgan fingerprint density at radius 1 is 1.09 bits per heavy atom. The highest BCUT2D eigenvalue weighted by Gasteiger charge is 2.50. The number of halogens is 1. The number of rotatable bonds is 5. The zero-order valence-electron chi connectivity index (χ0n) is 19.3. The van der Waals surface area contributed by atoms with Gasteiger partial charge in [-0.05, 0) is 54.3 Å². The van der Waals surface area contributed by atoms with Gasteiger partial charge in [0.25, 0.3) is 0 Å². The van der Waals surface area contributed by atoms with E-state index in [1.807, 2.05) is 39.8 Å². The number of ether oxygens (including phenoxy) is 1. The number of aliphatic hydroxyl groups is 1. The van der Waals surface area contributed by atoms with Gasteiger partial charge in [-0.2, -0.15) is 0 Å². The van der Waals surface area contributed by atoms with Crippen molar-refractivity contribution in [2.75, 3.05) is 13.1 Å². The van der Waals surface area contributed by atoms with Crippen LogP contribution < -0.4 is 10.1 Å². The molecule has 0 unspecified atom stereocenters. The van der Waals surface area contributed by atoms with Crippen LogP contribution in [0.25, 0.3) is 0 Å². The van der Waals surface area contributed by atoms with E-state index < -0.39 is 23.2 Å². The quantitative estimate of drug-likeness (QED) is 0.599. The van der Waals surface area contributed by atoms with Crippen LogP contribution in [0.3, 0.4) is 0 Å². The van der Waals surface area contributed by atoms with Crippen molar-refractivity contribution in [2.24, 2.45) is 11.3 Å². The first-order chi connectivity index (χ1) is 15.4. The van der Waals surface area contributed by atoms with Crippen molar-refractivity contribution in [1.82, 2.24) is 10.2 Å². The Morgan fingerprint density at radius 2 is 1.70 bits per heavy atom. The second-order valence-electron chi connectivity index (χ2n) is 9.51. The predicted octanol–water partition coefficient (Wildman–Crippen LogP) is 4.30. The SMILES string of the molecule is CC(C)[C@@H](NC(=O)Oc1ccc(O)cc1)C(=O)N1CC[C@](O)(c2ccc(Cl)cc2)C(C)(C)C1. The fourth-order valence-corrected chi connectivity index (χ4v) is 4.38. The highest BCUT2D eigenvalue weighted by Crippen LogP contribution is 2.46. The largest absolute Gasteiger partial charge is 0.508 e. The van der Waals surface area contributed by atoms with Crippen LogP contribution in [0.5, 0.6) is 11.5 Å². The van der Waals surface area contributed by atoms with Crippen LogP contribution in [0.15, 0.2) is 48.5 Å². The van der Waals surface area contributed by atoms with Crippen LogP contribution in [0.2, 0.25) is 5.02 Å². The van der Waals surface area contributed by atoms with Crippen molar-refractivity contribution < 1.29 is 24.5 Å². The summed E-state index contributed by atoms with van der Waals surface area (Å²) in [4.78, 5) is 27.5. The maximum Gasteiger partial charge on any atom is 0.413 e. The number of nitrogens with zero attached hydrogens (tertiary/aromatic N) is 1. The molecule has 33 heavy (non-hydrogen) atoms. The lowest BCUT2D eigenvalue weighted by atomic mass is 9.66. The van der Waals surface area contributed by atoms with E-state index in [4.69, 9.17) is 16.3 Å². The number of phenolic OH excluding ortho intramolecular Hbond substituents is 1. The summed E-state index contributed by atoms with van der Waals surface area (Å²) in [5, 5.41) is 24.2. The lowest BCUT2D eigenvalue weighted by Gasteiger charge is -2.51. The molecule has 3 rings (SSSR count).